The van der Waals surface area contributed by atoms with E-state index < -0.39 is 0 Å². The average Bonchev–Trinajstić information content (AvgIpc) is 3.35. The van der Waals surface area contributed by atoms with Crippen molar-refractivity contribution in [1.82, 2.24) is 9.78 Å². The molecule has 252 valence electrons. The molecule has 4 aromatic rings. The van der Waals surface area contributed by atoms with Gasteiger partial charge in [-0.3, -0.25) is 9.89 Å². The van der Waals surface area contributed by atoms with Crippen LogP contribution in [0.4, 0.5) is 17.1 Å². The minimum Gasteiger partial charge on any atom is -0.505 e. The quantitative estimate of drug-likeness (QED) is 0.0965. The number of nitrogens with two attached hydrogens (primary N) is 1. The van der Waals surface area contributed by atoms with E-state index in [0.29, 0.717) is 34.7 Å². The number of phenolic OH excluding ortho intramolecular Hbond substituents is 2. The second kappa shape index (κ2) is 15.7. The van der Waals surface area contributed by atoms with Crippen molar-refractivity contribution in [3.05, 3.63) is 93.4 Å². The van der Waals surface area contributed by atoms with Gasteiger partial charge in [-0.2, -0.15) is 0 Å². The number of hydrogen-bond acceptors (Lipinski definition) is 6. The Morgan fingerprint density at radius 1 is 0.766 bits per heavy atom. The average molecular weight is 660 g/mol. The van der Waals surface area contributed by atoms with Gasteiger partial charge < -0.3 is 15.9 Å². The van der Waals surface area contributed by atoms with Crippen molar-refractivity contribution in [2.24, 2.45) is 10.2 Å². The number of anilines is 1. The monoisotopic (exact) mass is 659 g/mol. The van der Waals surface area contributed by atoms with Crippen molar-refractivity contribution in [2.75, 3.05) is 5.73 Å². The highest BCUT2D eigenvalue weighted by molar-refractivity contribution is 5.85. The molecule has 1 heterocycles. The Labute approximate surface area is 284 Å². The van der Waals surface area contributed by atoms with Crippen LogP contribution < -0.4 is 11.3 Å². The van der Waals surface area contributed by atoms with Gasteiger partial charge in [0.05, 0.1) is 17.1 Å². The number of halogens is 1. The van der Waals surface area contributed by atoms with Crippen molar-refractivity contribution in [3.8, 4) is 17.2 Å². The molecule has 1 aromatic heterocycles. The highest BCUT2D eigenvalue weighted by Crippen LogP contribution is 2.42. The molecule has 0 saturated heterocycles. The summed E-state index contributed by atoms with van der Waals surface area (Å²) >= 11 is 0. The highest BCUT2D eigenvalue weighted by atomic mass is 35.5. The summed E-state index contributed by atoms with van der Waals surface area (Å²) in [5, 5.41) is 32.2. The van der Waals surface area contributed by atoms with E-state index in [-0.39, 0.29) is 34.8 Å². The maximum absolute atomic E-state index is 13.0. The van der Waals surface area contributed by atoms with Gasteiger partial charge in [-0.15, -0.1) is 22.6 Å². The molecule has 3 aromatic carbocycles. The molecule has 2 aliphatic rings. The predicted molar refractivity (Wildman–Crippen MR) is 194 cm³/mol. The predicted octanol–water partition coefficient (Wildman–Crippen LogP) is 10.4. The zero-order chi connectivity index (χ0) is 32.8. The third-order valence-electron chi connectivity index (χ3n) is 9.52. The minimum absolute atomic E-state index is 0. The number of nitrogens with zero attached hydrogens (tertiary/aromatic N) is 3. The third kappa shape index (κ3) is 8.47. The molecule has 0 aliphatic heterocycles. The number of H-pyrrole nitrogens is 1. The summed E-state index contributed by atoms with van der Waals surface area (Å²) in [5.41, 5.74) is 11.2. The smallest absolute Gasteiger partial charge is 0.299 e. The molecule has 0 unspecified atom stereocenters. The van der Waals surface area contributed by atoms with Gasteiger partial charge in [0.15, 0.2) is 5.69 Å². The Morgan fingerprint density at radius 3 is 1.85 bits per heavy atom. The molecule has 5 N–H and O–H groups in total. The van der Waals surface area contributed by atoms with E-state index in [1.165, 1.54) is 61.6 Å². The normalized spacial score (nSPS) is 16.0. The van der Waals surface area contributed by atoms with E-state index in [1.54, 1.807) is 19.1 Å². The van der Waals surface area contributed by atoms with Crippen LogP contribution >= 0.6 is 12.4 Å². The summed E-state index contributed by atoms with van der Waals surface area (Å²) in [4.78, 5) is 13.0. The second-order valence-corrected chi connectivity index (χ2v) is 13.9. The van der Waals surface area contributed by atoms with Crippen LogP contribution in [0.2, 0.25) is 0 Å². The van der Waals surface area contributed by atoms with E-state index in [4.69, 9.17) is 5.73 Å². The summed E-state index contributed by atoms with van der Waals surface area (Å²) in [7, 11) is 0. The molecule has 9 heteroatoms. The number of aromatic nitrogens is 2. The fraction of sp³-hybridized carbons (Fsp3) is 0.447. The first kappa shape index (κ1) is 35.8. The molecule has 6 rings (SSSR count). The van der Waals surface area contributed by atoms with Gasteiger partial charge in [0, 0.05) is 0 Å². The number of aryl methyl sites for hydroxylation is 1. The summed E-state index contributed by atoms with van der Waals surface area (Å²) in [5.74, 6) is 1.36. The lowest BCUT2D eigenvalue weighted by Crippen LogP contribution is -2.15. The number of nitrogen functional groups attached to an aromatic ring is 1. The molecule has 8 nitrogen and oxygen atoms in total. The number of rotatable bonds is 5. The van der Waals surface area contributed by atoms with Gasteiger partial charge >= 0.3 is 0 Å². The van der Waals surface area contributed by atoms with E-state index in [0.717, 1.165) is 29.7 Å². The molecule has 0 amide bonds. The van der Waals surface area contributed by atoms with Crippen LogP contribution in [0.3, 0.4) is 0 Å². The van der Waals surface area contributed by atoms with Gasteiger partial charge in [-0.05, 0) is 90.8 Å². The van der Waals surface area contributed by atoms with Crippen LogP contribution in [-0.4, -0.2) is 20.0 Å². The topological polar surface area (TPSA) is 129 Å². The number of phenols is 2. The van der Waals surface area contributed by atoms with Crippen LogP contribution in [-0.2, 0) is 5.41 Å². The lowest BCUT2D eigenvalue weighted by molar-refractivity contribution is 0.415. The van der Waals surface area contributed by atoms with Gasteiger partial charge in [-0.25, -0.2) is 4.68 Å². The molecule has 2 aliphatic carbocycles. The van der Waals surface area contributed by atoms with Crippen molar-refractivity contribution in [3.63, 3.8) is 0 Å². The Hall–Kier alpha value is -4.04. The van der Waals surface area contributed by atoms with E-state index in [2.05, 4.69) is 36.1 Å². The Kier molecular flexibility index (Phi) is 12.0. The van der Waals surface area contributed by atoms with Crippen LogP contribution in [0.15, 0.2) is 75.7 Å². The SMILES string of the molecule is Cc1[nH]n(-c2ccc(C(C)(C)C)cc2)c(=O)c1N=Nc1cccc(C2CCCCC2)c1O.Cl.Nc1cccc(C2CCCCC2)c1O. The van der Waals surface area contributed by atoms with Crippen molar-refractivity contribution >= 4 is 29.5 Å². The highest BCUT2D eigenvalue weighted by Gasteiger charge is 2.21. The fourth-order valence-electron chi connectivity index (χ4n) is 6.75. The van der Waals surface area contributed by atoms with Crippen molar-refractivity contribution in [1.29, 1.82) is 0 Å². The molecule has 0 spiro atoms. The van der Waals surface area contributed by atoms with Crippen LogP contribution in [0.5, 0.6) is 11.5 Å². The summed E-state index contributed by atoms with van der Waals surface area (Å²) < 4.78 is 1.48. The first-order valence-electron chi connectivity index (χ1n) is 16.8. The van der Waals surface area contributed by atoms with E-state index in [1.807, 2.05) is 48.5 Å². The van der Waals surface area contributed by atoms with Gasteiger partial charge in [0.2, 0.25) is 0 Å². The van der Waals surface area contributed by atoms with E-state index in [9.17, 15) is 15.0 Å². The number of aromatic amines is 1. The number of nitrogens with one attached hydrogen (secondary N) is 1. The Morgan fingerprint density at radius 2 is 1.30 bits per heavy atom. The summed E-state index contributed by atoms with van der Waals surface area (Å²) in [6.45, 7) is 8.27. The van der Waals surface area contributed by atoms with Gasteiger partial charge in [-0.1, -0.05) is 95.7 Å². The standard InChI is InChI=1S/C26H32N4O2.C12H17NO.ClH/c1-17-23(25(32)30(29-17)20-15-13-19(14-16-20)26(2,3)4)28-27-22-12-8-11-21(24(22)31)18-9-6-5-7-10-18;13-11-8-4-7-10(12(11)14)9-5-2-1-3-6-9;/h8,11-16,18,29,31H,5-7,9-10H2,1-4H3;4,7-9,14H,1-3,5-6,13H2;1H. The van der Waals surface area contributed by atoms with Crippen LogP contribution in [0.1, 0.15) is 119 Å². The maximum Gasteiger partial charge on any atom is 0.299 e. The van der Waals surface area contributed by atoms with Crippen molar-refractivity contribution in [2.45, 2.75) is 109 Å². The number of para-hydroxylation sites is 2. The number of benzene rings is 3. The molecule has 0 radical (unpaired) electrons. The first-order valence-corrected chi connectivity index (χ1v) is 16.8. The van der Waals surface area contributed by atoms with Crippen LogP contribution in [0.25, 0.3) is 5.69 Å². The zero-order valence-electron chi connectivity index (χ0n) is 28.1. The molecule has 47 heavy (non-hydrogen) atoms. The number of azo groups is 1. The maximum atomic E-state index is 13.0. The lowest BCUT2D eigenvalue weighted by atomic mass is 9.83. The summed E-state index contributed by atoms with van der Waals surface area (Å²) in [6.07, 6.45) is 12.1. The second-order valence-electron chi connectivity index (χ2n) is 13.9. The lowest BCUT2D eigenvalue weighted by Gasteiger charge is -2.23. The number of hydrogen-bond donors (Lipinski definition) is 4. The van der Waals surface area contributed by atoms with Crippen LogP contribution in [0, 0.1) is 6.92 Å². The fourth-order valence-corrected chi connectivity index (χ4v) is 6.75. The van der Waals surface area contributed by atoms with Crippen molar-refractivity contribution < 1.29 is 10.2 Å². The molecular weight excluding hydrogens is 610 g/mol. The third-order valence-corrected chi connectivity index (χ3v) is 9.52. The van der Waals surface area contributed by atoms with Gasteiger partial charge in [0.1, 0.15) is 17.2 Å². The zero-order valence-corrected chi connectivity index (χ0v) is 28.9. The molecular formula is C38H50ClN5O3. The minimum atomic E-state index is -0.266. The molecule has 0 atom stereocenters. The molecule has 0 bridgehead atoms. The number of aromatic hydroxyl groups is 2. The molecule has 2 fully saturated rings. The van der Waals surface area contributed by atoms with E-state index >= 15 is 0 Å². The largest absolute Gasteiger partial charge is 0.505 e. The Bertz CT molecular complexity index is 1710. The molecule has 2 saturated carbocycles. The first-order chi connectivity index (χ1) is 22.0. The summed E-state index contributed by atoms with van der Waals surface area (Å²) in [6, 6.07) is 19.2. The van der Waals surface area contributed by atoms with Gasteiger partial charge in [0.25, 0.3) is 5.56 Å². The Balaban J connectivity index is 0.000000279.